The number of rotatable bonds is 4. The number of nitrogens with two attached hydrogens (primary N) is 1. The molecule has 106 valence electrons. The molecule has 19 heavy (non-hydrogen) atoms. The first-order chi connectivity index (χ1) is 9.00. The van der Waals surface area contributed by atoms with Gasteiger partial charge < -0.3 is 10.5 Å². The van der Waals surface area contributed by atoms with Crippen molar-refractivity contribution in [1.82, 2.24) is 4.90 Å². The number of hydrogen-bond donors (Lipinski definition) is 1. The third kappa shape index (κ3) is 3.16. The van der Waals surface area contributed by atoms with E-state index in [0.29, 0.717) is 6.04 Å². The SMILES string of the molecule is Cc1ccc(C(C(C)N)N(C)C2CCOC2C)cc1. The number of aryl methyl sites for hydroxylation is 1. The third-order valence-corrected chi connectivity index (χ3v) is 4.22. The maximum atomic E-state index is 6.24. The highest BCUT2D eigenvalue weighted by molar-refractivity contribution is 5.25. The summed E-state index contributed by atoms with van der Waals surface area (Å²) in [6, 6.07) is 9.51. The Morgan fingerprint density at radius 3 is 2.42 bits per heavy atom. The van der Waals surface area contributed by atoms with Crippen molar-refractivity contribution in [2.45, 2.75) is 51.4 Å². The first-order valence-corrected chi connectivity index (χ1v) is 7.16. The van der Waals surface area contributed by atoms with Crippen LogP contribution in [0.4, 0.5) is 0 Å². The van der Waals surface area contributed by atoms with Gasteiger partial charge in [0.05, 0.1) is 6.10 Å². The number of nitrogens with zero attached hydrogens (tertiary/aromatic N) is 1. The van der Waals surface area contributed by atoms with Crippen LogP contribution in [-0.2, 0) is 4.74 Å². The van der Waals surface area contributed by atoms with Gasteiger partial charge in [-0.3, -0.25) is 4.90 Å². The van der Waals surface area contributed by atoms with Gasteiger partial charge in [-0.05, 0) is 39.8 Å². The topological polar surface area (TPSA) is 38.5 Å². The number of hydrogen-bond acceptors (Lipinski definition) is 3. The zero-order valence-electron chi connectivity index (χ0n) is 12.5. The second-order valence-electron chi connectivity index (χ2n) is 5.81. The summed E-state index contributed by atoms with van der Waals surface area (Å²) in [6.45, 7) is 7.21. The second-order valence-corrected chi connectivity index (χ2v) is 5.81. The van der Waals surface area contributed by atoms with Crippen molar-refractivity contribution in [1.29, 1.82) is 0 Å². The molecule has 0 aromatic heterocycles. The van der Waals surface area contributed by atoms with Crippen molar-refractivity contribution < 1.29 is 4.74 Å². The van der Waals surface area contributed by atoms with Gasteiger partial charge in [-0.25, -0.2) is 0 Å². The monoisotopic (exact) mass is 262 g/mol. The highest BCUT2D eigenvalue weighted by Gasteiger charge is 2.33. The Kier molecular flexibility index (Phi) is 4.61. The predicted octanol–water partition coefficient (Wildman–Crippen LogP) is 2.49. The lowest BCUT2D eigenvalue weighted by molar-refractivity contribution is 0.0626. The fourth-order valence-electron chi connectivity index (χ4n) is 3.13. The van der Waals surface area contributed by atoms with Gasteiger partial charge in [-0.2, -0.15) is 0 Å². The Balaban J connectivity index is 2.22. The summed E-state index contributed by atoms with van der Waals surface area (Å²) >= 11 is 0. The lowest BCUT2D eigenvalue weighted by Crippen LogP contribution is -2.45. The predicted molar refractivity (Wildman–Crippen MR) is 79.2 cm³/mol. The van der Waals surface area contributed by atoms with E-state index in [2.05, 4.69) is 57.0 Å². The molecule has 3 nitrogen and oxygen atoms in total. The quantitative estimate of drug-likeness (QED) is 0.906. The van der Waals surface area contributed by atoms with Gasteiger partial charge in [0, 0.05) is 24.7 Å². The van der Waals surface area contributed by atoms with Crippen LogP contribution in [0.5, 0.6) is 0 Å². The molecule has 0 aliphatic carbocycles. The molecule has 1 saturated heterocycles. The molecule has 1 aliphatic rings. The third-order valence-electron chi connectivity index (χ3n) is 4.22. The van der Waals surface area contributed by atoms with E-state index in [1.807, 2.05) is 0 Å². The summed E-state index contributed by atoms with van der Waals surface area (Å²) in [6.07, 6.45) is 1.38. The fourth-order valence-corrected chi connectivity index (χ4v) is 3.13. The Labute approximate surface area is 116 Å². The van der Waals surface area contributed by atoms with Crippen molar-refractivity contribution in [3.8, 4) is 0 Å². The molecular formula is C16H26N2O. The Morgan fingerprint density at radius 2 is 1.95 bits per heavy atom. The number of benzene rings is 1. The molecule has 1 aromatic rings. The van der Waals surface area contributed by atoms with E-state index in [-0.39, 0.29) is 18.2 Å². The van der Waals surface area contributed by atoms with E-state index in [0.717, 1.165) is 13.0 Å². The molecule has 3 heteroatoms. The van der Waals surface area contributed by atoms with Gasteiger partial charge in [-0.1, -0.05) is 29.8 Å². The molecular weight excluding hydrogens is 236 g/mol. The van der Waals surface area contributed by atoms with E-state index in [1.54, 1.807) is 0 Å². The van der Waals surface area contributed by atoms with Crippen molar-refractivity contribution in [3.05, 3.63) is 35.4 Å². The lowest BCUT2D eigenvalue weighted by atomic mass is 9.96. The summed E-state index contributed by atoms with van der Waals surface area (Å²) < 4.78 is 5.69. The maximum Gasteiger partial charge on any atom is 0.0703 e. The summed E-state index contributed by atoms with van der Waals surface area (Å²) in [5.74, 6) is 0. The standard InChI is InChI=1S/C16H26N2O/c1-11-5-7-14(8-6-11)16(12(2)17)18(4)15-9-10-19-13(15)3/h5-8,12-13,15-16H,9-10,17H2,1-4H3. The van der Waals surface area contributed by atoms with Crippen LogP contribution >= 0.6 is 0 Å². The number of likely N-dealkylation sites (N-methyl/N-ethyl adjacent to an activating group) is 1. The van der Waals surface area contributed by atoms with E-state index in [1.165, 1.54) is 11.1 Å². The molecule has 4 unspecified atom stereocenters. The first kappa shape index (κ1) is 14.5. The molecule has 0 spiro atoms. The zero-order chi connectivity index (χ0) is 14.0. The fraction of sp³-hybridized carbons (Fsp3) is 0.625. The van der Waals surface area contributed by atoms with E-state index in [4.69, 9.17) is 10.5 Å². The molecule has 1 aliphatic heterocycles. The van der Waals surface area contributed by atoms with Crippen LogP contribution in [0.15, 0.2) is 24.3 Å². The van der Waals surface area contributed by atoms with Gasteiger partial charge in [-0.15, -0.1) is 0 Å². The Bertz CT molecular complexity index is 402. The van der Waals surface area contributed by atoms with Crippen molar-refractivity contribution in [2.24, 2.45) is 5.73 Å². The van der Waals surface area contributed by atoms with Crippen LogP contribution in [0.25, 0.3) is 0 Å². The summed E-state index contributed by atoms with van der Waals surface area (Å²) in [5.41, 5.74) is 8.82. The summed E-state index contributed by atoms with van der Waals surface area (Å²) in [4.78, 5) is 2.40. The van der Waals surface area contributed by atoms with E-state index in [9.17, 15) is 0 Å². The van der Waals surface area contributed by atoms with Crippen LogP contribution < -0.4 is 5.73 Å². The minimum atomic E-state index is 0.0977. The smallest absolute Gasteiger partial charge is 0.0703 e. The van der Waals surface area contributed by atoms with Gasteiger partial charge in [0.2, 0.25) is 0 Å². The van der Waals surface area contributed by atoms with Gasteiger partial charge >= 0.3 is 0 Å². The van der Waals surface area contributed by atoms with Crippen molar-refractivity contribution in [2.75, 3.05) is 13.7 Å². The highest BCUT2D eigenvalue weighted by Crippen LogP contribution is 2.29. The minimum absolute atomic E-state index is 0.0977. The zero-order valence-corrected chi connectivity index (χ0v) is 12.5. The molecule has 2 N–H and O–H groups in total. The number of ether oxygens (including phenoxy) is 1. The maximum absolute atomic E-state index is 6.24. The normalized spacial score (nSPS) is 26.6. The van der Waals surface area contributed by atoms with Crippen molar-refractivity contribution in [3.63, 3.8) is 0 Å². The van der Waals surface area contributed by atoms with E-state index >= 15 is 0 Å². The summed E-state index contributed by atoms with van der Waals surface area (Å²) in [7, 11) is 2.17. The van der Waals surface area contributed by atoms with Gasteiger partial charge in [0.25, 0.3) is 0 Å². The first-order valence-electron chi connectivity index (χ1n) is 7.16. The highest BCUT2D eigenvalue weighted by atomic mass is 16.5. The van der Waals surface area contributed by atoms with Crippen LogP contribution in [0.2, 0.25) is 0 Å². The molecule has 0 saturated carbocycles. The molecule has 4 atom stereocenters. The molecule has 0 amide bonds. The minimum Gasteiger partial charge on any atom is -0.377 e. The molecule has 1 fully saturated rings. The van der Waals surface area contributed by atoms with Crippen LogP contribution in [0, 0.1) is 6.92 Å². The van der Waals surface area contributed by atoms with Crippen molar-refractivity contribution >= 4 is 0 Å². The summed E-state index contributed by atoms with van der Waals surface area (Å²) in [5, 5.41) is 0. The molecule has 1 heterocycles. The lowest BCUT2D eigenvalue weighted by Gasteiger charge is -2.37. The second kappa shape index (κ2) is 6.04. The van der Waals surface area contributed by atoms with Gasteiger partial charge in [0.1, 0.15) is 0 Å². The largest absolute Gasteiger partial charge is 0.377 e. The molecule has 0 radical (unpaired) electrons. The Morgan fingerprint density at radius 1 is 1.32 bits per heavy atom. The average Bonchev–Trinajstić information content (AvgIpc) is 2.78. The van der Waals surface area contributed by atoms with E-state index < -0.39 is 0 Å². The van der Waals surface area contributed by atoms with Crippen LogP contribution in [-0.4, -0.2) is 36.7 Å². The average molecular weight is 262 g/mol. The molecule has 1 aromatic carbocycles. The molecule has 2 rings (SSSR count). The van der Waals surface area contributed by atoms with Crippen LogP contribution in [0.1, 0.15) is 37.4 Å². The van der Waals surface area contributed by atoms with Gasteiger partial charge in [0.15, 0.2) is 0 Å². The van der Waals surface area contributed by atoms with Crippen LogP contribution in [0.3, 0.4) is 0 Å². The Hall–Kier alpha value is -0.900. The molecule has 0 bridgehead atoms.